The molecule has 5 heteroatoms. The Kier molecular flexibility index (Phi) is 4.46. The van der Waals surface area contributed by atoms with E-state index in [1.165, 1.54) is 16.3 Å². The molecule has 3 heterocycles. The number of allylic oxidation sites excluding steroid dienone is 1. The van der Waals surface area contributed by atoms with Gasteiger partial charge in [-0.15, -0.1) is 0 Å². The fourth-order valence-corrected chi connectivity index (χ4v) is 6.27. The average Bonchev–Trinajstić information content (AvgIpc) is 3.48. The van der Waals surface area contributed by atoms with E-state index < -0.39 is 0 Å². The van der Waals surface area contributed by atoms with Gasteiger partial charge in [-0.2, -0.15) is 0 Å². The summed E-state index contributed by atoms with van der Waals surface area (Å²) < 4.78 is 9.37. The molecule has 7 aromatic rings. The molecule has 0 atom stereocenters. The van der Waals surface area contributed by atoms with Crippen LogP contribution in [0.1, 0.15) is 17.7 Å². The molecule has 0 saturated heterocycles. The number of nitrogens with zero attached hydrogens (tertiary/aromatic N) is 3. The van der Waals surface area contributed by atoms with E-state index in [4.69, 9.17) is 14.4 Å². The monoisotopic (exact) mass is 541 g/mol. The minimum atomic E-state index is 0.662. The highest BCUT2D eigenvalue weighted by atomic mass is 79.9. The molecule has 0 unspecified atom stereocenters. The van der Waals surface area contributed by atoms with E-state index in [2.05, 4.69) is 112 Å². The summed E-state index contributed by atoms with van der Waals surface area (Å²) in [4.78, 5) is 10.3. The molecule has 0 N–H and O–H groups in total. The van der Waals surface area contributed by atoms with Crippen molar-refractivity contribution in [2.75, 3.05) is 0 Å². The van der Waals surface area contributed by atoms with Crippen molar-refractivity contribution >= 4 is 65.7 Å². The summed E-state index contributed by atoms with van der Waals surface area (Å²) in [7, 11) is 0. The van der Waals surface area contributed by atoms with Crippen LogP contribution in [-0.4, -0.2) is 14.5 Å². The van der Waals surface area contributed by atoms with Crippen molar-refractivity contribution in [3.05, 3.63) is 107 Å². The van der Waals surface area contributed by atoms with Gasteiger partial charge in [-0.3, -0.25) is 4.57 Å². The first-order valence-electron chi connectivity index (χ1n) is 12.4. The van der Waals surface area contributed by atoms with Crippen LogP contribution < -0.4 is 0 Å². The molecule has 0 amide bonds. The molecular weight excluding hydrogens is 522 g/mol. The van der Waals surface area contributed by atoms with Crippen LogP contribution in [0, 0.1) is 0 Å². The number of para-hydroxylation sites is 2. The van der Waals surface area contributed by atoms with Crippen molar-refractivity contribution in [1.82, 2.24) is 14.5 Å². The zero-order valence-electron chi connectivity index (χ0n) is 19.8. The summed E-state index contributed by atoms with van der Waals surface area (Å²) >= 11 is 3.78. The maximum Gasteiger partial charge on any atom is 0.235 e. The highest BCUT2D eigenvalue weighted by Gasteiger charge is 2.20. The second-order valence-electron chi connectivity index (χ2n) is 9.47. The van der Waals surface area contributed by atoms with Gasteiger partial charge in [0.25, 0.3) is 0 Å². The Bertz CT molecular complexity index is 2060. The summed E-state index contributed by atoms with van der Waals surface area (Å²) in [5.74, 6) is 1.64. The Morgan fingerprint density at radius 2 is 1.62 bits per heavy atom. The van der Waals surface area contributed by atoms with Gasteiger partial charge in [0.05, 0.1) is 22.2 Å². The number of aryl methyl sites for hydroxylation is 1. The van der Waals surface area contributed by atoms with Crippen molar-refractivity contribution in [1.29, 1.82) is 0 Å². The van der Waals surface area contributed by atoms with Crippen LogP contribution in [0.25, 0.3) is 67.0 Å². The Balaban J connectivity index is 1.44. The van der Waals surface area contributed by atoms with Crippen LogP contribution in [0.3, 0.4) is 0 Å². The third-order valence-corrected chi connectivity index (χ3v) is 8.02. The number of fused-ring (bicyclic) bond motifs is 7. The average molecular weight is 542 g/mol. The SMILES string of the molecule is Brc1cccc2c1c1ccccc1n2-c1nc(-c2ccc3oc4c(c3c2)CCC=C4)c2ccccc2n1. The topological polar surface area (TPSA) is 43.9 Å². The van der Waals surface area contributed by atoms with E-state index >= 15 is 0 Å². The number of halogens is 1. The van der Waals surface area contributed by atoms with E-state index in [0.29, 0.717) is 5.95 Å². The number of benzene rings is 4. The number of hydrogen-bond donors (Lipinski definition) is 0. The molecule has 1 aliphatic carbocycles. The highest BCUT2D eigenvalue weighted by molar-refractivity contribution is 9.10. The second-order valence-corrected chi connectivity index (χ2v) is 10.3. The van der Waals surface area contributed by atoms with Crippen LogP contribution in [0.2, 0.25) is 0 Å². The Hall–Kier alpha value is -4.22. The van der Waals surface area contributed by atoms with E-state index in [-0.39, 0.29) is 0 Å². The summed E-state index contributed by atoms with van der Waals surface area (Å²) in [5, 5.41) is 4.53. The molecule has 176 valence electrons. The summed E-state index contributed by atoms with van der Waals surface area (Å²) in [6.07, 6.45) is 6.31. The zero-order chi connectivity index (χ0) is 24.5. The zero-order valence-corrected chi connectivity index (χ0v) is 21.4. The molecule has 0 radical (unpaired) electrons. The summed E-state index contributed by atoms with van der Waals surface area (Å²) in [5.41, 5.74) is 7.26. The molecule has 37 heavy (non-hydrogen) atoms. The third kappa shape index (κ3) is 3.07. The highest BCUT2D eigenvalue weighted by Crippen LogP contribution is 2.38. The van der Waals surface area contributed by atoms with Gasteiger partial charge in [0.2, 0.25) is 5.95 Å². The number of aromatic nitrogens is 3. The van der Waals surface area contributed by atoms with Crippen molar-refractivity contribution in [3.63, 3.8) is 0 Å². The quantitative estimate of drug-likeness (QED) is 0.219. The van der Waals surface area contributed by atoms with Gasteiger partial charge in [-0.25, -0.2) is 9.97 Å². The molecule has 4 nitrogen and oxygen atoms in total. The molecule has 1 aliphatic rings. The fourth-order valence-electron chi connectivity index (χ4n) is 5.70. The third-order valence-electron chi connectivity index (χ3n) is 7.36. The molecular formula is C32H20BrN3O. The lowest BCUT2D eigenvalue weighted by atomic mass is 9.98. The number of hydrogen-bond acceptors (Lipinski definition) is 3. The van der Waals surface area contributed by atoms with Gasteiger partial charge < -0.3 is 4.42 Å². The van der Waals surface area contributed by atoms with E-state index in [0.717, 1.165) is 67.2 Å². The van der Waals surface area contributed by atoms with Gasteiger partial charge in [-0.05, 0) is 61.4 Å². The smallest absolute Gasteiger partial charge is 0.235 e. The fraction of sp³-hybridized carbons (Fsp3) is 0.0625. The van der Waals surface area contributed by atoms with Crippen LogP contribution in [0.15, 0.2) is 99.9 Å². The van der Waals surface area contributed by atoms with Crippen molar-refractivity contribution < 1.29 is 4.42 Å². The molecule has 0 spiro atoms. The standard InChI is InChI=1S/C32H20BrN3O/c33-24-11-7-14-27-30(24)22-10-2-5-13-26(22)36(27)32-34-25-12-4-1-9-21(25)31(35-32)19-16-17-29-23(18-19)20-8-3-6-15-28(20)37-29/h1-2,4-7,9-18H,3,8H2. The maximum absolute atomic E-state index is 6.13. The first-order valence-corrected chi connectivity index (χ1v) is 13.2. The Morgan fingerprint density at radius 3 is 2.57 bits per heavy atom. The van der Waals surface area contributed by atoms with Crippen LogP contribution in [0.4, 0.5) is 0 Å². The lowest BCUT2D eigenvalue weighted by Gasteiger charge is -2.12. The molecule has 0 bridgehead atoms. The first-order chi connectivity index (χ1) is 18.3. The van der Waals surface area contributed by atoms with Crippen molar-refractivity contribution in [2.24, 2.45) is 0 Å². The first kappa shape index (κ1) is 20.9. The van der Waals surface area contributed by atoms with Gasteiger partial charge in [0.15, 0.2) is 0 Å². The maximum atomic E-state index is 6.13. The molecule has 3 aromatic heterocycles. The minimum Gasteiger partial charge on any atom is -0.456 e. The molecule has 0 saturated carbocycles. The normalized spacial score (nSPS) is 13.2. The van der Waals surface area contributed by atoms with Gasteiger partial charge in [0, 0.05) is 37.1 Å². The summed E-state index contributed by atoms with van der Waals surface area (Å²) in [6.45, 7) is 0. The van der Waals surface area contributed by atoms with Crippen LogP contribution >= 0.6 is 15.9 Å². The molecule has 0 fully saturated rings. The van der Waals surface area contributed by atoms with Gasteiger partial charge in [-0.1, -0.05) is 64.5 Å². The van der Waals surface area contributed by atoms with Crippen LogP contribution in [-0.2, 0) is 6.42 Å². The predicted octanol–water partition coefficient (Wildman–Crippen LogP) is 8.86. The van der Waals surface area contributed by atoms with E-state index in [9.17, 15) is 0 Å². The molecule has 8 rings (SSSR count). The lowest BCUT2D eigenvalue weighted by molar-refractivity contribution is 0.595. The minimum absolute atomic E-state index is 0.662. The largest absolute Gasteiger partial charge is 0.456 e. The Labute approximate surface area is 221 Å². The Morgan fingerprint density at radius 1 is 0.784 bits per heavy atom. The predicted molar refractivity (Wildman–Crippen MR) is 154 cm³/mol. The molecule has 0 aliphatic heterocycles. The van der Waals surface area contributed by atoms with Crippen molar-refractivity contribution in [3.8, 4) is 17.2 Å². The summed E-state index contributed by atoms with van der Waals surface area (Å²) in [6, 6.07) is 29.4. The molecule has 4 aromatic carbocycles. The second kappa shape index (κ2) is 7.89. The van der Waals surface area contributed by atoms with Crippen molar-refractivity contribution in [2.45, 2.75) is 12.8 Å². The number of furan rings is 1. The number of rotatable bonds is 2. The lowest BCUT2D eigenvalue weighted by Crippen LogP contribution is -2.03. The van der Waals surface area contributed by atoms with E-state index in [1.54, 1.807) is 0 Å². The van der Waals surface area contributed by atoms with Crippen LogP contribution in [0.5, 0.6) is 0 Å². The van der Waals surface area contributed by atoms with E-state index in [1.807, 2.05) is 6.07 Å². The van der Waals surface area contributed by atoms with Gasteiger partial charge >= 0.3 is 0 Å². The van der Waals surface area contributed by atoms with Gasteiger partial charge in [0.1, 0.15) is 11.3 Å².